The van der Waals surface area contributed by atoms with Crippen LogP contribution >= 0.6 is 0 Å². The molecule has 1 aliphatic rings. The third-order valence-corrected chi connectivity index (χ3v) is 4.17. The van der Waals surface area contributed by atoms with E-state index in [-0.39, 0.29) is 18.6 Å². The monoisotopic (exact) mass is 285 g/mol. The third kappa shape index (κ3) is 4.91. The summed E-state index contributed by atoms with van der Waals surface area (Å²) in [5.41, 5.74) is 5.90. The standard InChI is InChI=1S/C13H23F4NO/c1-8-3-4-10(5-9(8)2)11(18)6-19-7-13(16,17)12(14)15/h8-12H,3-7,18H2,1-2H3. The van der Waals surface area contributed by atoms with Crippen LogP contribution in [0.15, 0.2) is 0 Å². The Morgan fingerprint density at radius 2 is 1.84 bits per heavy atom. The summed E-state index contributed by atoms with van der Waals surface area (Å²) < 4.78 is 53.8. The van der Waals surface area contributed by atoms with Crippen LogP contribution in [0.1, 0.15) is 33.1 Å². The predicted octanol–water partition coefficient (Wildman–Crippen LogP) is 3.30. The summed E-state index contributed by atoms with van der Waals surface area (Å²) in [4.78, 5) is 0. The van der Waals surface area contributed by atoms with Gasteiger partial charge in [0.2, 0.25) is 0 Å². The molecular formula is C13H23F4NO. The molecule has 2 N–H and O–H groups in total. The number of hydrogen-bond donors (Lipinski definition) is 1. The van der Waals surface area contributed by atoms with Gasteiger partial charge in [-0.25, -0.2) is 8.78 Å². The Labute approximate surface area is 111 Å². The van der Waals surface area contributed by atoms with E-state index in [1.165, 1.54) is 0 Å². The SMILES string of the molecule is CC1CCC(C(N)COCC(F)(F)C(F)F)CC1C. The highest BCUT2D eigenvalue weighted by Gasteiger charge is 2.41. The van der Waals surface area contributed by atoms with Gasteiger partial charge in [0.1, 0.15) is 6.61 Å². The normalized spacial score (nSPS) is 30.6. The molecule has 6 heteroatoms. The Balaban J connectivity index is 2.30. The molecule has 114 valence electrons. The van der Waals surface area contributed by atoms with E-state index in [4.69, 9.17) is 5.73 Å². The van der Waals surface area contributed by atoms with Crippen LogP contribution in [-0.4, -0.2) is 31.6 Å². The summed E-state index contributed by atoms with van der Waals surface area (Å²) in [7, 11) is 0. The summed E-state index contributed by atoms with van der Waals surface area (Å²) in [5.74, 6) is -2.67. The number of ether oxygens (including phenoxy) is 1. The van der Waals surface area contributed by atoms with Gasteiger partial charge in [-0.1, -0.05) is 20.3 Å². The van der Waals surface area contributed by atoms with Crippen LogP contribution < -0.4 is 5.73 Å². The summed E-state index contributed by atoms with van der Waals surface area (Å²) >= 11 is 0. The maximum Gasteiger partial charge on any atom is 0.330 e. The van der Waals surface area contributed by atoms with Crippen molar-refractivity contribution >= 4 is 0 Å². The predicted molar refractivity (Wildman–Crippen MR) is 65.4 cm³/mol. The highest BCUT2D eigenvalue weighted by molar-refractivity contribution is 4.82. The van der Waals surface area contributed by atoms with E-state index in [1.54, 1.807) is 0 Å². The first-order chi connectivity index (χ1) is 8.74. The minimum atomic E-state index is -4.09. The lowest BCUT2D eigenvalue weighted by Gasteiger charge is -2.35. The molecule has 1 saturated carbocycles. The molecule has 1 aliphatic carbocycles. The smallest absolute Gasteiger partial charge is 0.330 e. The maximum absolute atomic E-state index is 12.6. The summed E-state index contributed by atoms with van der Waals surface area (Å²) in [5, 5.41) is 0. The molecule has 0 radical (unpaired) electrons. The second kappa shape index (κ2) is 6.88. The highest BCUT2D eigenvalue weighted by Crippen LogP contribution is 2.34. The Kier molecular flexibility index (Phi) is 6.05. The molecule has 0 aromatic heterocycles. The summed E-state index contributed by atoms with van der Waals surface area (Å²) in [6.45, 7) is 2.98. The van der Waals surface area contributed by atoms with Gasteiger partial charge >= 0.3 is 12.3 Å². The lowest BCUT2D eigenvalue weighted by Crippen LogP contribution is -2.41. The minimum Gasteiger partial charge on any atom is -0.373 e. The van der Waals surface area contributed by atoms with E-state index in [9.17, 15) is 17.6 Å². The summed E-state index contributed by atoms with van der Waals surface area (Å²) in [6, 6.07) is -0.358. The van der Waals surface area contributed by atoms with E-state index in [0.29, 0.717) is 11.8 Å². The van der Waals surface area contributed by atoms with Gasteiger partial charge in [-0.15, -0.1) is 0 Å². The van der Waals surface area contributed by atoms with E-state index in [2.05, 4.69) is 18.6 Å². The van der Waals surface area contributed by atoms with Crippen molar-refractivity contribution in [1.29, 1.82) is 0 Å². The fraction of sp³-hybridized carbons (Fsp3) is 1.00. The lowest BCUT2D eigenvalue weighted by molar-refractivity contribution is -0.167. The lowest BCUT2D eigenvalue weighted by atomic mass is 9.73. The Bertz CT molecular complexity index is 275. The van der Waals surface area contributed by atoms with E-state index in [1.807, 2.05) is 0 Å². The van der Waals surface area contributed by atoms with Gasteiger partial charge in [-0.05, 0) is 30.6 Å². The van der Waals surface area contributed by atoms with Crippen molar-refractivity contribution in [2.24, 2.45) is 23.5 Å². The molecule has 19 heavy (non-hydrogen) atoms. The molecule has 0 aliphatic heterocycles. The molecule has 0 spiro atoms. The first-order valence-corrected chi connectivity index (χ1v) is 6.73. The minimum absolute atomic E-state index is 0.0892. The van der Waals surface area contributed by atoms with Crippen LogP contribution in [0.2, 0.25) is 0 Å². The second-order valence-corrected chi connectivity index (χ2v) is 5.77. The van der Waals surface area contributed by atoms with Crippen LogP contribution in [0.4, 0.5) is 17.6 Å². The molecule has 2 nitrogen and oxygen atoms in total. The van der Waals surface area contributed by atoms with Crippen molar-refractivity contribution < 1.29 is 22.3 Å². The molecular weight excluding hydrogens is 262 g/mol. The van der Waals surface area contributed by atoms with Gasteiger partial charge in [-0.3, -0.25) is 0 Å². The van der Waals surface area contributed by atoms with Crippen LogP contribution in [0.5, 0.6) is 0 Å². The second-order valence-electron chi connectivity index (χ2n) is 5.77. The zero-order valence-electron chi connectivity index (χ0n) is 11.4. The first kappa shape index (κ1) is 16.7. The number of nitrogens with two attached hydrogens (primary N) is 1. The largest absolute Gasteiger partial charge is 0.373 e. The Hall–Kier alpha value is -0.360. The van der Waals surface area contributed by atoms with Crippen LogP contribution in [0.3, 0.4) is 0 Å². The van der Waals surface area contributed by atoms with Gasteiger partial charge in [0, 0.05) is 6.04 Å². The van der Waals surface area contributed by atoms with Crippen molar-refractivity contribution in [1.82, 2.24) is 0 Å². The fourth-order valence-electron chi connectivity index (χ4n) is 2.51. The number of halogens is 4. The molecule has 4 unspecified atom stereocenters. The van der Waals surface area contributed by atoms with Crippen molar-refractivity contribution in [3.63, 3.8) is 0 Å². The van der Waals surface area contributed by atoms with Crippen LogP contribution in [0.25, 0.3) is 0 Å². The van der Waals surface area contributed by atoms with E-state index < -0.39 is 19.0 Å². The van der Waals surface area contributed by atoms with Crippen LogP contribution in [0, 0.1) is 17.8 Å². The molecule has 0 saturated heterocycles. The van der Waals surface area contributed by atoms with Crippen molar-refractivity contribution in [2.45, 2.75) is 51.5 Å². The quantitative estimate of drug-likeness (QED) is 0.760. The van der Waals surface area contributed by atoms with Crippen molar-refractivity contribution in [3.8, 4) is 0 Å². The van der Waals surface area contributed by atoms with Crippen molar-refractivity contribution in [3.05, 3.63) is 0 Å². The maximum atomic E-state index is 12.6. The van der Waals surface area contributed by atoms with Gasteiger partial charge in [0.25, 0.3) is 0 Å². The average Bonchev–Trinajstić information content (AvgIpc) is 2.32. The molecule has 0 aromatic rings. The van der Waals surface area contributed by atoms with E-state index >= 15 is 0 Å². The Morgan fingerprint density at radius 3 is 2.37 bits per heavy atom. The number of hydrogen-bond acceptors (Lipinski definition) is 2. The molecule has 0 heterocycles. The Morgan fingerprint density at radius 1 is 1.21 bits per heavy atom. The van der Waals surface area contributed by atoms with Gasteiger partial charge in [-0.2, -0.15) is 8.78 Å². The van der Waals surface area contributed by atoms with Gasteiger partial charge in [0.05, 0.1) is 6.61 Å². The topological polar surface area (TPSA) is 35.2 Å². The zero-order chi connectivity index (χ0) is 14.6. The molecule has 0 aromatic carbocycles. The van der Waals surface area contributed by atoms with Gasteiger partial charge < -0.3 is 10.5 Å². The molecule has 1 rings (SSSR count). The highest BCUT2D eigenvalue weighted by atomic mass is 19.3. The van der Waals surface area contributed by atoms with Gasteiger partial charge in [0.15, 0.2) is 0 Å². The fourth-order valence-corrected chi connectivity index (χ4v) is 2.51. The molecule has 1 fully saturated rings. The average molecular weight is 285 g/mol. The number of rotatable bonds is 6. The molecule has 0 amide bonds. The number of alkyl halides is 4. The molecule has 0 bridgehead atoms. The molecule has 4 atom stereocenters. The third-order valence-electron chi connectivity index (χ3n) is 4.17. The van der Waals surface area contributed by atoms with E-state index in [0.717, 1.165) is 19.3 Å². The van der Waals surface area contributed by atoms with Crippen LogP contribution in [-0.2, 0) is 4.74 Å². The summed E-state index contributed by atoms with van der Waals surface area (Å²) in [6.07, 6.45) is -0.746. The zero-order valence-corrected chi connectivity index (χ0v) is 11.4. The first-order valence-electron chi connectivity index (χ1n) is 6.73. The van der Waals surface area contributed by atoms with Crippen molar-refractivity contribution in [2.75, 3.05) is 13.2 Å².